The second kappa shape index (κ2) is 7.50. The monoisotopic (exact) mass is 410 g/mol. The third kappa shape index (κ3) is 3.93. The van der Waals surface area contributed by atoms with Gasteiger partial charge in [0.1, 0.15) is 11.6 Å². The number of aromatic nitrogens is 3. The molecular formula is C17H13F3N4O3S. The van der Waals surface area contributed by atoms with Crippen LogP contribution in [0.2, 0.25) is 0 Å². The molecule has 0 aliphatic carbocycles. The van der Waals surface area contributed by atoms with E-state index in [1.54, 1.807) is 35.8 Å². The summed E-state index contributed by atoms with van der Waals surface area (Å²) in [5.41, 5.74) is -1.06. The van der Waals surface area contributed by atoms with Crippen LogP contribution in [0.25, 0.3) is 5.69 Å². The number of nitrogens with zero attached hydrogens (tertiary/aromatic N) is 4. The summed E-state index contributed by atoms with van der Waals surface area (Å²) >= 11 is 0.863. The number of methoxy groups -OCH3 is 1. The van der Waals surface area contributed by atoms with Crippen molar-refractivity contribution in [2.45, 2.75) is 23.2 Å². The summed E-state index contributed by atoms with van der Waals surface area (Å²) < 4.78 is 45.4. The lowest BCUT2D eigenvalue weighted by Gasteiger charge is -2.10. The van der Waals surface area contributed by atoms with Crippen LogP contribution in [-0.2, 0) is 6.18 Å². The molecule has 0 saturated carbocycles. The second-order valence-corrected chi connectivity index (χ2v) is 6.61. The summed E-state index contributed by atoms with van der Waals surface area (Å²) in [6.07, 6.45) is -4.67. The minimum atomic E-state index is -4.67. The van der Waals surface area contributed by atoms with Gasteiger partial charge in [-0.1, -0.05) is 0 Å². The van der Waals surface area contributed by atoms with E-state index in [1.165, 1.54) is 7.11 Å². The number of aryl methyl sites for hydroxylation is 1. The van der Waals surface area contributed by atoms with Gasteiger partial charge in [0, 0.05) is 11.8 Å². The zero-order chi connectivity index (χ0) is 20.5. The van der Waals surface area contributed by atoms with Crippen LogP contribution < -0.4 is 4.74 Å². The number of hydrogen-bond acceptors (Lipinski definition) is 6. The lowest BCUT2D eigenvalue weighted by atomic mass is 10.2. The van der Waals surface area contributed by atoms with Gasteiger partial charge in [-0.2, -0.15) is 13.2 Å². The molecule has 3 rings (SSSR count). The molecule has 0 aliphatic heterocycles. The fourth-order valence-corrected chi connectivity index (χ4v) is 3.44. The molecule has 1 aromatic heterocycles. The molecule has 0 atom stereocenters. The van der Waals surface area contributed by atoms with Crippen LogP contribution in [0, 0.1) is 17.0 Å². The molecule has 0 radical (unpaired) electrons. The number of halogens is 3. The average molecular weight is 410 g/mol. The van der Waals surface area contributed by atoms with E-state index < -0.39 is 22.4 Å². The number of nitro benzene ring substituents is 1. The summed E-state index contributed by atoms with van der Waals surface area (Å²) in [6, 6.07) is 9.34. The standard InChI is InChI=1S/C17H13F3N4O3S/c1-10-21-22-16(23(10)12-4-6-13(27-2)7-5-12)28-15-8-3-11(17(18,19)20)9-14(15)24(25)26/h3-9H,1-2H3. The van der Waals surface area contributed by atoms with Gasteiger partial charge in [-0.25, -0.2) is 0 Å². The Morgan fingerprint density at radius 1 is 1.14 bits per heavy atom. The first-order valence-electron chi connectivity index (χ1n) is 7.80. The van der Waals surface area contributed by atoms with Gasteiger partial charge in [-0.05, 0) is 55.1 Å². The van der Waals surface area contributed by atoms with Crippen molar-refractivity contribution in [2.24, 2.45) is 0 Å². The topological polar surface area (TPSA) is 83.1 Å². The summed E-state index contributed by atoms with van der Waals surface area (Å²) in [5, 5.41) is 19.5. The molecule has 0 amide bonds. The Morgan fingerprint density at radius 3 is 2.39 bits per heavy atom. The Morgan fingerprint density at radius 2 is 1.82 bits per heavy atom. The van der Waals surface area contributed by atoms with Crippen molar-refractivity contribution < 1.29 is 22.8 Å². The van der Waals surface area contributed by atoms with Gasteiger partial charge in [-0.15, -0.1) is 10.2 Å². The van der Waals surface area contributed by atoms with E-state index in [1.807, 2.05) is 0 Å². The number of ether oxygens (including phenoxy) is 1. The lowest BCUT2D eigenvalue weighted by Crippen LogP contribution is -2.06. The number of hydrogen-bond donors (Lipinski definition) is 0. The SMILES string of the molecule is COc1ccc(-n2c(C)nnc2Sc2ccc(C(F)(F)F)cc2[N+](=O)[O-])cc1. The Hall–Kier alpha value is -3.08. The van der Waals surface area contributed by atoms with Crippen molar-refractivity contribution >= 4 is 17.4 Å². The highest BCUT2D eigenvalue weighted by atomic mass is 32.2. The maximum atomic E-state index is 12.9. The molecule has 0 saturated heterocycles. The normalized spacial score (nSPS) is 11.5. The first kappa shape index (κ1) is 19.7. The molecule has 7 nitrogen and oxygen atoms in total. The highest BCUT2D eigenvalue weighted by Crippen LogP contribution is 2.39. The van der Waals surface area contributed by atoms with Crippen molar-refractivity contribution in [3.8, 4) is 11.4 Å². The van der Waals surface area contributed by atoms with E-state index in [4.69, 9.17) is 4.74 Å². The number of alkyl halides is 3. The highest BCUT2D eigenvalue weighted by molar-refractivity contribution is 7.99. The van der Waals surface area contributed by atoms with E-state index in [9.17, 15) is 23.3 Å². The molecule has 0 aliphatic rings. The lowest BCUT2D eigenvalue weighted by molar-refractivity contribution is -0.388. The van der Waals surface area contributed by atoms with Gasteiger partial charge in [0.05, 0.1) is 22.5 Å². The number of rotatable bonds is 5. The molecule has 0 N–H and O–H groups in total. The van der Waals surface area contributed by atoms with Crippen molar-refractivity contribution in [3.05, 3.63) is 64.0 Å². The maximum absolute atomic E-state index is 12.9. The molecule has 146 valence electrons. The third-order valence-electron chi connectivity index (χ3n) is 3.81. The molecule has 0 spiro atoms. The van der Waals surface area contributed by atoms with Gasteiger partial charge in [0.25, 0.3) is 5.69 Å². The van der Waals surface area contributed by atoms with E-state index in [-0.39, 0.29) is 10.1 Å². The molecule has 3 aromatic rings. The van der Waals surface area contributed by atoms with Gasteiger partial charge >= 0.3 is 6.18 Å². The van der Waals surface area contributed by atoms with Crippen LogP contribution in [-0.4, -0.2) is 26.8 Å². The minimum absolute atomic E-state index is 0.0279. The fourth-order valence-electron chi connectivity index (χ4n) is 2.46. The molecule has 0 bridgehead atoms. The average Bonchev–Trinajstić information content (AvgIpc) is 3.01. The summed E-state index contributed by atoms with van der Waals surface area (Å²) in [4.78, 5) is 10.5. The van der Waals surface area contributed by atoms with Crippen LogP contribution in [0.4, 0.5) is 18.9 Å². The van der Waals surface area contributed by atoms with Crippen LogP contribution in [0.1, 0.15) is 11.4 Å². The van der Waals surface area contributed by atoms with Gasteiger partial charge < -0.3 is 4.74 Å². The van der Waals surface area contributed by atoms with Crippen LogP contribution in [0.3, 0.4) is 0 Å². The van der Waals surface area contributed by atoms with Crippen LogP contribution in [0.15, 0.2) is 52.5 Å². The summed E-state index contributed by atoms with van der Waals surface area (Å²) in [7, 11) is 1.53. The Labute approximate surface area is 161 Å². The van der Waals surface area contributed by atoms with Crippen molar-refractivity contribution in [1.29, 1.82) is 0 Å². The van der Waals surface area contributed by atoms with E-state index >= 15 is 0 Å². The Kier molecular flexibility index (Phi) is 5.27. The maximum Gasteiger partial charge on any atom is 0.416 e. The first-order chi connectivity index (χ1) is 13.2. The van der Waals surface area contributed by atoms with Crippen molar-refractivity contribution in [3.63, 3.8) is 0 Å². The minimum Gasteiger partial charge on any atom is -0.497 e. The predicted octanol–water partition coefficient (Wildman–Crippen LogP) is 4.66. The van der Waals surface area contributed by atoms with Crippen molar-refractivity contribution in [1.82, 2.24) is 14.8 Å². The van der Waals surface area contributed by atoms with E-state index in [0.717, 1.165) is 23.9 Å². The van der Waals surface area contributed by atoms with Crippen LogP contribution >= 0.6 is 11.8 Å². The molecule has 2 aromatic carbocycles. The zero-order valence-corrected chi connectivity index (χ0v) is 15.4. The summed E-state index contributed by atoms with van der Waals surface area (Å²) in [6.45, 7) is 1.70. The van der Waals surface area contributed by atoms with Gasteiger partial charge in [0.15, 0.2) is 0 Å². The fraction of sp³-hybridized carbons (Fsp3) is 0.176. The Balaban J connectivity index is 2.02. The van der Waals surface area contributed by atoms with Gasteiger partial charge in [-0.3, -0.25) is 14.7 Å². The van der Waals surface area contributed by atoms with Crippen molar-refractivity contribution in [2.75, 3.05) is 7.11 Å². The van der Waals surface area contributed by atoms with E-state index in [0.29, 0.717) is 23.3 Å². The molecule has 0 fully saturated rings. The zero-order valence-electron chi connectivity index (χ0n) is 14.6. The number of benzene rings is 2. The van der Waals surface area contributed by atoms with Crippen LogP contribution in [0.5, 0.6) is 5.75 Å². The third-order valence-corrected chi connectivity index (χ3v) is 4.82. The quantitative estimate of drug-likeness (QED) is 0.449. The first-order valence-corrected chi connectivity index (χ1v) is 8.62. The number of nitro groups is 1. The van der Waals surface area contributed by atoms with Gasteiger partial charge in [0.2, 0.25) is 5.16 Å². The summed E-state index contributed by atoms with van der Waals surface area (Å²) in [5.74, 6) is 1.16. The molecule has 11 heteroatoms. The second-order valence-electron chi connectivity index (χ2n) is 5.60. The smallest absolute Gasteiger partial charge is 0.416 e. The largest absolute Gasteiger partial charge is 0.497 e. The highest BCUT2D eigenvalue weighted by Gasteiger charge is 2.33. The molecule has 28 heavy (non-hydrogen) atoms. The van der Waals surface area contributed by atoms with E-state index in [2.05, 4.69) is 10.2 Å². The molecule has 0 unspecified atom stereocenters. The Bertz CT molecular complexity index is 1020. The molecular weight excluding hydrogens is 397 g/mol. The molecule has 1 heterocycles. The predicted molar refractivity (Wildman–Crippen MR) is 94.9 cm³/mol.